The number of rotatable bonds is 5. The van der Waals surface area contributed by atoms with Crippen LogP contribution in [0.4, 0.5) is 11.4 Å². The molecule has 2 aromatic carbocycles. The van der Waals surface area contributed by atoms with Crippen LogP contribution in [-0.4, -0.2) is 47.9 Å². The summed E-state index contributed by atoms with van der Waals surface area (Å²) in [6.07, 6.45) is 0.855. The maximum atomic E-state index is 13.4. The summed E-state index contributed by atoms with van der Waals surface area (Å²) in [5.74, 6) is -0.820. The Morgan fingerprint density at radius 1 is 0.967 bits per heavy atom. The molecule has 8 heteroatoms. The van der Waals surface area contributed by atoms with Crippen molar-refractivity contribution in [2.75, 3.05) is 31.2 Å². The van der Waals surface area contributed by atoms with Gasteiger partial charge in [0.1, 0.15) is 5.70 Å². The monoisotopic (exact) mass is 407 g/mol. The first kappa shape index (κ1) is 19.8. The Labute approximate surface area is 173 Å². The number of benzene rings is 2. The summed E-state index contributed by atoms with van der Waals surface area (Å²) >= 11 is 0. The number of hydrogen-bond donors (Lipinski definition) is 0. The van der Waals surface area contributed by atoms with Crippen molar-refractivity contribution in [1.29, 1.82) is 0 Å². The Balaban J connectivity index is 1.78. The number of nitro benzene ring substituents is 1. The molecule has 1 fully saturated rings. The molecule has 0 N–H and O–H groups in total. The van der Waals surface area contributed by atoms with E-state index in [1.165, 1.54) is 29.2 Å². The second-order valence-corrected chi connectivity index (χ2v) is 7.09. The van der Waals surface area contributed by atoms with Crippen molar-refractivity contribution >= 4 is 28.8 Å². The molecule has 0 spiro atoms. The van der Waals surface area contributed by atoms with E-state index in [9.17, 15) is 19.7 Å². The number of ether oxygens (including phenoxy) is 1. The van der Waals surface area contributed by atoms with Gasteiger partial charge in [-0.15, -0.1) is 0 Å². The molecule has 2 aromatic rings. The highest BCUT2D eigenvalue weighted by Crippen LogP contribution is 2.35. The average Bonchev–Trinajstić information content (AvgIpc) is 3.04. The topological polar surface area (TPSA) is 93.0 Å². The van der Waals surface area contributed by atoms with Gasteiger partial charge >= 0.3 is 0 Å². The van der Waals surface area contributed by atoms with E-state index in [-0.39, 0.29) is 17.2 Å². The molecular formula is C22H21N3O5. The molecule has 0 aromatic heterocycles. The number of hydrogen-bond acceptors (Lipinski definition) is 6. The molecule has 0 radical (unpaired) electrons. The number of morpholine rings is 1. The Morgan fingerprint density at radius 3 is 2.17 bits per heavy atom. The molecule has 2 heterocycles. The van der Waals surface area contributed by atoms with Gasteiger partial charge in [-0.1, -0.05) is 19.1 Å². The van der Waals surface area contributed by atoms with Crippen LogP contribution in [0.15, 0.2) is 54.2 Å². The van der Waals surface area contributed by atoms with Crippen molar-refractivity contribution in [3.8, 4) is 0 Å². The van der Waals surface area contributed by atoms with Crippen LogP contribution in [0.5, 0.6) is 0 Å². The minimum absolute atomic E-state index is 0.0731. The smallest absolute Gasteiger partial charge is 0.282 e. The molecule has 0 aliphatic carbocycles. The SMILES string of the molecule is CCc1ccc(N2C(=O)C(c3ccc([N+](=O)[O-])cc3)=C(N3CCOCC3)C2=O)cc1. The van der Waals surface area contributed by atoms with Gasteiger partial charge in [0.05, 0.1) is 29.4 Å². The van der Waals surface area contributed by atoms with Crippen molar-refractivity contribution in [3.63, 3.8) is 0 Å². The largest absolute Gasteiger partial charge is 0.378 e. The molecule has 30 heavy (non-hydrogen) atoms. The minimum Gasteiger partial charge on any atom is -0.378 e. The van der Waals surface area contributed by atoms with Crippen molar-refractivity contribution in [2.24, 2.45) is 0 Å². The number of amides is 2. The van der Waals surface area contributed by atoms with Gasteiger partial charge in [-0.3, -0.25) is 19.7 Å². The molecule has 8 nitrogen and oxygen atoms in total. The van der Waals surface area contributed by atoms with E-state index in [0.717, 1.165) is 12.0 Å². The quantitative estimate of drug-likeness (QED) is 0.430. The number of carbonyl (C=O) groups excluding carboxylic acids is 2. The zero-order valence-electron chi connectivity index (χ0n) is 16.5. The Hall–Kier alpha value is -3.52. The zero-order chi connectivity index (χ0) is 21.3. The highest BCUT2D eigenvalue weighted by molar-refractivity contribution is 6.45. The molecule has 0 saturated carbocycles. The summed E-state index contributed by atoms with van der Waals surface area (Å²) in [5.41, 5.74) is 2.59. The third-order valence-electron chi connectivity index (χ3n) is 5.36. The molecule has 154 valence electrons. The lowest BCUT2D eigenvalue weighted by Crippen LogP contribution is -2.40. The predicted molar refractivity (Wildman–Crippen MR) is 111 cm³/mol. The van der Waals surface area contributed by atoms with Crippen LogP contribution in [0.25, 0.3) is 5.57 Å². The molecule has 1 saturated heterocycles. The maximum absolute atomic E-state index is 13.4. The van der Waals surface area contributed by atoms with Crippen LogP contribution >= 0.6 is 0 Å². The first-order valence-corrected chi connectivity index (χ1v) is 9.80. The van der Waals surface area contributed by atoms with E-state index in [0.29, 0.717) is 43.3 Å². The van der Waals surface area contributed by atoms with Crippen LogP contribution in [-0.2, 0) is 20.7 Å². The third-order valence-corrected chi connectivity index (χ3v) is 5.36. The van der Waals surface area contributed by atoms with Gasteiger partial charge in [-0.05, 0) is 41.8 Å². The number of nitrogens with zero attached hydrogens (tertiary/aromatic N) is 3. The number of nitro groups is 1. The van der Waals surface area contributed by atoms with Gasteiger partial charge in [0.15, 0.2) is 0 Å². The van der Waals surface area contributed by atoms with Gasteiger partial charge < -0.3 is 9.64 Å². The third kappa shape index (κ3) is 3.46. The number of imide groups is 1. The van der Waals surface area contributed by atoms with E-state index in [1.54, 1.807) is 12.1 Å². The second kappa shape index (κ2) is 8.08. The summed E-state index contributed by atoms with van der Waals surface area (Å²) in [4.78, 5) is 40.3. The van der Waals surface area contributed by atoms with Gasteiger partial charge in [0, 0.05) is 25.2 Å². The van der Waals surface area contributed by atoms with Gasteiger partial charge in [0.25, 0.3) is 17.5 Å². The van der Waals surface area contributed by atoms with E-state index in [1.807, 2.05) is 24.0 Å². The van der Waals surface area contributed by atoms with Gasteiger partial charge in [-0.2, -0.15) is 0 Å². The normalized spacial score (nSPS) is 17.1. The highest BCUT2D eigenvalue weighted by Gasteiger charge is 2.42. The molecule has 4 rings (SSSR count). The molecular weight excluding hydrogens is 386 g/mol. The standard InChI is InChI=1S/C22H21N3O5/c1-2-15-3-7-17(8-4-15)24-21(26)19(16-5-9-18(10-6-16)25(28)29)20(22(24)27)23-11-13-30-14-12-23/h3-10H,2,11-14H2,1H3. The van der Waals surface area contributed by atoms with Crippen LogP contribution < -0.4 is 4.90 Å². The summed E-state index contributed by atoms with van der Waals surface area (Å²) in [6.45, 7) is 3.94. The summed E-state index contributed by atoms with van der Waals surface area (Å²) in [5, 5.41) is 11.0. The van der Waals surface area contributed by atoms with Crippen LogP contribution in [0, 0.1) is 10.1 Å². The Kier molecular flexibility index (Phi) is 5.33. The van der Waals surface area contributed by atoms with Crippen LogP contribution in [0.3, 0.4) is 0 Å². The fourth-order valence-corrected chi connectivity index (χ4v) is 3.72. The molecule has 2 aliphatic heterocycles. The average molecular weight is 407 g/mol. The first-order chi connectivity index (χ1) is 14.5. The zero-order valence-corrected chi connectivity index (χ0v) is 16.5. The van der Waals surface area contributed by atoms with E-state index in [4.69, 9.17) is 4.74 Å². The molecule has 2 amide bonds. The first-order valence-electron chi connectivity index (χ1n) is 9.80. The number of anilines is 1. The number of non-ortho nitro benzene ring substituents is 1. The maximum Gasteiger partial charge on any atom is 0.282 e. The minimum atomic E-state index is -0.496. The van der Waals surface area contributed by atoms with Crippen molar-refractivity contribution in [1.82, 2.24) is 4.90 Å². The highest BCUT2D eigenvalue weighted by atomic mass is 16.6. The fraction of sp³-hybridized carbons (Fsp3) is 0.273. The van der Waals surface area contributed by atoms with Crippen molar-refractivity contribution in [2.45, 2.75) is 13.3 Å². The Morgan fingerprint density at radius 2 is 1.60 bits per heavy atom. The summed E-state index contributed by atoms with van der Waals surface area (Å²) in [6, 6.07) is 13.0. The van der Waals surface area contributed by atoms with Gasteiger partial charge in [-0.25, -0.2) is 4.90 Å². The van der Waals surface area contributed by atoms with Crippen LogP contribution in [0.2, 0.25) is 0 Å². The van der Waals surface area contributed by atoms with Crippen molar-refractivity contribution < 1.29 is 19.2 Å². The van der Waals surface area contributed by atoms with Crippen molar-refractivity contribution in [3.05, 3.63) is 75.5 Å². The molecule has 0 bridgehead atoms. The lowest BCUT2D eigenvalue weighted by atomic mass is 10.0. The summed E-state index contributed by atoms with van der Waals surface area (Å²) < 4.78 is 5.39. The lowest BCUT2D eigenvalue weighted by Gasteiger charge is -2.29. The summed E-state index contributed by atoms with van der Waals surface area (Å²) in [7, 11) is 0. The predicted octanol–water partition coefficient (Wildman–Crippen LogP) is 2.77. The molecule has 0 atom stereocenters. The number of carbonyl (C=O) groups is 2. The van der Waals surface area contributed by atoms with E-state index in [2.05, 4.69) is 0 Å². The lowest BCUT2D eigenvalue weighted by molar-refractivity contribution is -0.384. The van der Waals surface area contributed by atoms with Crippen LogP contribution in [0.1, 0.15) is 18.1 Å². The fourth-order valence-electron chi connectivity index (χ4n) is 3.72. The molecule has 2 aliphatic rings. The Bertz CT molecular complexity index is 1020. The second-order valence-electron chi connectivity index (χ2n) is 7.09. The van der Waals surface area contributed by atoms with E-state index < -0.39 is 10.8 Å². The van der Waals surface area contributed by atoms with E-state index >= 15 is 0 Å². The molecule has 0 unspecified atom stereocenters. The number of aryl methyl sites for hydroxylation is 1. The van der Waals surface area contributed by atoms with Gasteiger partial charge in [0.2, 0.25) is 0 Å².